The predicted octanol–water partition coefficient (Wildman–Crippen LogP) is 4.98. The van der Waals surface area contributed by atoms with Crippen molar-refractivity contribution in [3.05, 3.63) is 65.9 Å². The summed E-state index contributed by atoms with van der Waals surface area (Å²) in [5.74, 6) is 0. The Morgan fingerprint density at radius 3 is 2.21 bits per heavy atom. The lowest BCUT2D eigenvalue weighted by Crippen LogP contribution is -2.31. The number of hydrogen-bond donors (Lipinski definition) is 0. The minimum absolute atomic E-state index is 0.299. The van der Waals surface area contributed by atoms with Gasteiger partial charge >= 0.3 is 0 Å². The highest BCUT2D eigenvalue weighted by Gasteiger charge is 2.19. The summed E-state index contributed by atoms with van der Waals surface area (Å²) in [7, 11) is -1.65. The molecule has 0 aliphatic carbocycles. The van der Waals surface area contributed by atoms with Gasteiger partial charge in [0.2, 0.25) is 8.32 Å². The van der Waals surface area contributed by atoms with Gasteiger partial charge in [-0.2, -0.15) is 0 Å². The van der Waals surface area contributed by atoms with Crippen molar-refractivity contribution in [3.63, 3.8) is 0 Å². The molecule has 0 aliphatic heterocycles. The molecule has 0 saturated heterocycles. The van der Waals surface area contributed by atoms with Crippen molar-refractivity contribution in [3.8, 4) is 0 Å². The second-order valence-corrected chi connectivity index (χ2v) is 9.06. The summed E-state index contributed by atoms with van der Waals surface area (Å²) in [6, 6.07) is 10.3. The van der Waals surface area contributed by atoms with Crippen molar-refractivity contribution in [1.82, 2.24) is 0 Å². The fourth-order valence-corrected chi connectivity index (χ4v) is 3.66. The van der Waals surface area contributed by atoms with Crippen molar-refractivity contribution in [1.29, 1.82) is 0 Å². The lowest BCUT2D eigenvalue weighted by atomic mass is 10.2. The predicted molar refractivity (Wildman–Crippen MR) is 87.5 cm³/mol. The number of rotatable bonds is 6. The molecule has 2 heteroatoms. The van der Waals surface area contributed by atoms with E-state index >= 15 is 0 Å². The largest absolute Gasteiger partial charge is 0.411 e. The van der Waals surface area contributed by atoms with Gasteiger partial charge in [-0.05, 0) is 32.5 Å². The van der Waals surface area contributed by atoms with Gasteiger partial charge < -0.3 is 4.43 Å². The number of hydrogen-bond acceptors (Lipinski definition) is 1. The average Bonchev–Trinajstić information content (AvgIpc) is 2.33. The standard InChI is InChI=1S/C17H24OSi/c1-16(2)18-19(3,4)15-11-6-5-8-12-17-13-9-7-10-14-17/h5-16H,1-4H3/b6-5+,12-8+,15-11+. The molecular formula is C17H24OSi. The van der Waals surface area contributed by atoms with E-state index in [9.17, 15) is 0 Å². The monoisotopic (exact) mass is 272 g/mol. The third-order valence-electron chi connectivity index (χ3n) is 2.46. The third-order valence-corrected chi connectivity index (χ3v) is 4.53. The minimum atomic E-state index is -1.65. The normalized spacial score (nSPS) is 13.3. The van der Waals surface area contributed by atoms with E-state index in [1.165, 1.54) is 5.56 Å². The first-order valence-corrected chi connectivity index (χ1v) is 9.73. The van der Waals surface area contributed by atoms with Crippen LogP contribution in [0.25, 0.3) is 6.08 Å². The maximum absolute atomic E-state index is 5.91. The third kappa shape index (κ3) is 7.60. The van der Waals surface area contributed by atoms with Gasteiger partial charge in [0.15, 0.2) is 0 Å². The van der Waals surface area contributed by atoms with Crippen LogP contribution in [0.1, 0.15) is 19.4 Å². The van der Waals surface area contributed by atoms with Crippen molar-refractivity contribution < 1.29 is 4.43 Å². The lowest BCUT2D eigenvalue weighted by molar-refractivity contribution is 0.238. The summed E-state index contributed by atoms with van der Waals surface area (Å²) in [5, 5.41) is 0. The first-order valence-electron chi connectivity index (χ1n) is 6.75. The first kappa shape index (κ1) is 15.7. The Kier molecular flexibility index (Phi) is 6.54. The molecule has 0 radical (unpaired) electrons. The molecule has 0 bridgehead atoms. The molecule has 0 spiro atoms. The zero-order valence-electron chi connectivity index (χ0n) is 12.3. The molecule has 102 valence electrons. The molecule has 0 heterocycles. The van der Waals surface area contributed by atoms with Gasteiger partial charge in [0.05, 0.1) is 0 Å². The van der Waals surface area contributed by atoms with Gasteiger partial charge in [0.25, 0.3) is 0 Å². The Hall–Kier alpha value is -1.38. The molecule has 0 unspecified atom stereocenters. The molecule has 0 aromatic heterocycles. The van der Waals surface area contributed by atoms with E-state index in [1.807, 2.05) is 24.3 Å². The molecule has 0 saturated carbocycles. The topological polar surface area (TPSA) is 9.23 Å². The van der Waals surface area contributed by atoms with Gasteiger partial charge in [0.1, 0.15) is 0 Å². The van der Waals surface area contributed by atoms with Gasteiger partial charge in [-0.25, -0.2) is 0 Å². The van der Waals surface area contributed by atoms with Crippen LogP contribution in [0.5, 0.6) is 0 Å². The Bertz CT molecular complexity index is 442. The second-order valence-electron chi connectivity index (χ2n) is 5.28. The SMILES string of the molecule is CC(C)O[Si](C)(C)/C=C/C=C/C=C/c1ccccc1. The zero-order chi connectivity index (χ0) is 14.1. The van der Waals surface area contributed by atoms with Crippen LogP contribution in [0.4, 0.5) is 0 Å². The quantitative estimate of drug-likeness (QED) is 0.524. The Morgan fingerprint density at radius 1 is 0.947 bits per heavy atom. The van der Waals surface area contributed by atoms with E-state index < -0.39 is 8.32 Å². The summed E-state index contributed by atoms with van der Waals surface area (Å²) in [5.41, 5.74) is 3.42. The maximum Gasteiger partial charge on any atom is 0.211 e. The fraction of sp³-hybridized carbons (Fsp3) is 0.294. The summed E-state index contributed by atoms with van der Waals surface area (Å²) in [6.07, 6.45) is 10.6. The first-order chi connectivity index (χ1) is 8.99. The summed E-state index contributed by atoms with van der Waals surface area (Å²) in [6.45, 7) is 8.58. The van der Waals surface area contributed by atoms with Crippen LogP contribution in [0.2, 0.25) is 13.1 Å². The van der Waals surface area contributed by atoms with Gasteiger partial charge in [-0.15, -0.1) is 0 Å². The van der Waals surface area contributed by atoms with Crippen LogP contribution in [0.15, 0.2) is 60.3 Å². The molecule has 1 aromatic rings. The van der Waals surface area contributed by atoms with E-state index in [-0.39, 0.29) is 0 Å². The molecule has 1 rings (SSSR count). The molecule has 0 amide bonds. The van der Waals surface area contributed by atoms with Crippen LogP contribution in [0.3, 0.4) is 0 Å². The lowest BCUT2D eigenvalue weighted by Gasteiger charge is -2.21. The van der Waals surface area contributed by atoms with E-state index in [2.05, 4.69) is 69.1 Å². The van der Waals surface area contributed by atoms with E-state index in [1.54, 1.807) is 0 Å². The Labute approximate surface area is 118 Å². The molecule has 0 atom stereocenters. The maximum atomic E-state index is 5.91. The molecule has 1 nitrogen and oxygen atoms in total. The molecule has 1 aromatic carbocycles. The van der Waals surface area contributed by atoms with E-state index in [0.29, 0.717) is 6.10 Å². The number of allylic oxidation sites excluding steroid dienone is 4. The second kappa shape index (κ2) is 7.92. The van der Waals surface area contributed by atoms with Crippen LogP contribution >= 0.6 is 0 Å². The van der Waals surface area contributed by atoms with Crippen LogP contribution in [-0.4, -0.2) is 14.4 Å². The highest BCUT2D eigenvalue weighted by Crippen LogP contribution is 2.09. The van der Waals surface area contributed by atoms with Crippen LogP contribution < -0.4 is 0 Å². The molecule has 19 heavy (non-hydrogen) atoms. The smallest absolute Gasteiger partial charge is 0.211 e. The fourth-order valence-electron chi connectivity index (χ4n) is 1.79. The Morgan fingerprint density at radius 2 is 1.58 bits per heavy atom. The highest BCUT2D eigenvalue weighted by molar-refractivity contribution is 6.76. The summed E-state index contributed by atoms with van der Waals surface area (Å²) < 4.78 is 5.91. The van der Waals surface area contributed by atoms with Crippen molar-refractivity contribution in [2.75, 3.05) is 0 Å². The van der Waals surface area contributed by atoms with Gasteiger partial charge in [0, 0.05) is 6.10 Å². The molecule has 0 fully saturated rings. The molecule has 0 N–H and O–H groups in total. The van der Waals surface area contributed by atoms with Crippen LogP contribution in [0, 0.1) is 0 Å². The van der Waals surface area contributed by atoms with Gasteiger partial charge in [-0.1, -0.05) is 66.4 Å². The van der Waals surface area contributed by atoms with E-state index in [0.717, 1.165) is 0 Å². The molecular weight excluding hydrogens is 248 g/mol. The molecule has 0 aliphatic rings. The van der Waals surface area contributed by atoms with Crippen molar-refractivity contribution >= 4 is 14.4 Å². The zero-order valence-corrected chi connectivity index (χ0v) is 13.3. The summed E-state index contributed by atoms with van der Waals surface area (Å²) in [4.78, 5) is 0. The Balaban J connectivity index is 2.44. The number of benzene rings is 1. The summed E-state index contributed by atoms with van der Waals surface area (Å²) >= 11 is 0. The van der Waals surface area contributed by atoms with Gasteiger partial charge in [-0.3, -0.25) is 0 Å². The highest BCUT2D eigenvalue weighted by atomic mass is 28.4. The van der Waals surface area contributed by atoms with Crippen molar-refractivity contribution in [2.24, 2.45) is 0 Å². The van der Waals surface area contributed by atoms with Crippen molar-refractivity contribution in [2.45, 2.75) is 33.0 Å². The van der Waals surface area contributed by atoms with Crippen LogP contribution in [-0.2, 0) is 4.43 Å². The average molecular weight is 272 g/mol. The minimum Gasteiger partial charge on any atom is -0.411 e. The van der Waals surface area contributed by atoms with E-state index in [4.69, 9.17) is 4.43 Å².